The quantitative estimate of drug-likeness (QED) is 0.845. The number of likely N-dealkylation sites (tertiary alicyclic amines) is 1. The Labute approximate surface area is 124 Å². The maximum atomic E-state index is 12.5. The molecule has 0 spiro atoms. The van der Waals surface area contributed by atoms with E-state index in [0.29, 0.717) is 17.0 Å². The number of rotatable bonds is 2. The van der Waals surface area contributed by atoms with E-state index in [1.165, 1.54) is 5.56 Å². The van der Waals surface area contributed by atoms with Crippen LogP contribution in [0.4, 0.5) is 0 Å². The lowest BCUT2D eigenvalue weighted by atomic mass is 9.99. The number of nitriles is 1. The average Bonchev–Trinajstić information content (AvgIpc) is 3.05. The van der Waals surface area contributed by atoms with Crippen molar-refractivity contribution in [1.82, 2.24) is 4.90 Å². The van der Waals surface area contributed by atoms with Crippen molar-refractivity contribution in [3.63, 3.8) is 0 Å². The predicted molar refractivity (Wildman–Crippen MR) is 80.9 cm³/mol. The lowest BCUT2D eigenvalue weighted by Gasteiger charge is -2.17. The van der Waals surface area contributed by atoms with Gasteiger partial charge in [-0.15, -0.1) is 0 Å². The third kappa shape index (κ3) is 2.80. The van der Waals surface area contributed by atoms with E-state index < -0.39 is 0 Å². The van der Waals surface area contributed by atoms with E-state index in [4.69, 9.17) is 5.26 Å². The lowest BCUT2D eigenvalue weighted by Crippen LogP contribution is -2.28. The van der Waals surface area contributed by atoms with Crippen LogP contribution < -0.4 is 0 Å². The number of hydrogen-bond acceptors (Lipinski definition) is 2. The van der Waals surface area contributed by atoms with Gasteiger partial charge in [-0.1, -0.05) is 36.4 Å². The molecule has 0 saturated carbocycles. The van der Waals surface area contributed by atoms with E-state index in [0.717, 1.165) is 19.5 Å². The Bertz CT molecular complexity index is 688. The highest BCUT2D eigenvalue weighted by Gasteiger charge is 2.27. The van der Waals surface area contributed by atoms with Crippen molar-refractivity contribution in [2.45, 2.75) is 12.3 Å². The van der Waals surface area contributed by atoms with Crippen LogP contribution in [-0.2, 0) is 0 Å². The third-order valence-electron chi connectivity index (χ3n) is 3.99. The van der Waals surface area contributed by atoms with Gasteiger partial charge >= 0.3 is 0 Å². The topological polar surface area (TPSA) is 44.1 Å². The van der Waals surface area contributed by atoms with Gasteiger partial charge in [0, 0.05) is 24.6 Å². The molecule has 2 aromatic carbocycles. The van der Waals surface area contributed by atoms with Gasteiger partial charge in [0.15, 0.2) is 0 Å². The van der Waals surface area contributed by atoms with E-state index >= 15 is 0 Å². The smallest absolute Gasteiger partial charge is 0.253 e. The highest BCUT2D eigenvalue weighted by Crippen LogP contribution is 2.27. The summed E-state index contributed by atoms with van der Waals surface area (Å²) in [5.74, 6) is 0.430. The molecule has 0 radical (unpaired) electrons. The van der Waals surface area contributed by atoms with Gasteiger partial charge in [0.05, 0.1) is 11.6 Å². The zero-order chi connectivity index (χ0) is 14.7. The third-order valence-corrected chi connectivity index (χ3v) is 3.99. The normalized spacial score (nSPS) is 17.5. The molecule has 21 heavy (non-hydrogen) atoms. The van der Waals surface area contributed by atoms with E-state index in [1.807, 2.05) is 23.1 Å². The van der Waals surface area contributed by atoms with Crippen LogP contribution in [0, 0.1) is 11.3 Å². The fourth-order valence-corrected chi connectivity index (χ4v) is 2.85. The van der Waals surface area contributed by atoms with Crippen LogP contribution in [0.15, 0.2) is 54.6 Å². The molecule has 1 aliphatic heterocycles. The van der Waals surface area contributed by atoms with Crippen LogP contribution in [0.2, 0.25) is 0 Å². The summed E-state index contributed by atoms with van der Waals surface area (Å²) in [5, 5.41) is 8.92. The van der Waals surface area contributed by atoms with Gasteiger partial charge in [-0.3, -0.25) is 4.79 Å². The summed E-state index contributed by atoms with van der Waals surface area (Å²) in [5.41, 5.74) is 2.42. The maximum Gasteiger partial charge on any atom is 0.253 e. The molecule has 1 fully saturated rings. The zero-order valence-electron chi connectivity index (χ0n) is 11.7. The van der Waals surface area contributed by atoms with Gasteiger partial charge in [0.25, 0.3) is 5.91 Å². The highest BCUT2D eigenvalue weighted by atomic mass is 16.2. The molecule has 0 N–H and O–H groups in total. The van der Waals surface area contributed by atoms with E-state index in [1.54, 1.807) is 24.3 Å². The van der Waals surface area contributed by atoms with Crippen molar-refractivity contribution in [1.29, 1.82) is 5.26 Å². The minimum Gasteiger partial charge on any atom is -0.338 e. The van der Waals surface area contributed by atoms with E-state index in [2.05, 4.69) is 18.2 Å². The number of carbonyl (C=O) groups is 1. The largest absolute Gasteiger partial charge is 0.338 e. The van der Waals surface area contributed by atoms with Gasteiger partial charge in [0.2, 0.25) is 0 Å². The number of nitrogens with zero attached hydrogens (tertiary/aromatic N) is 2. The van der Waals surface area contributed by atoms with Crippen molar-refractivity contribution >= 4 is 5.91 Å². The Morgan fingerprint density at radius 1 is 1.14 bits per heavy atom. The summed E-state index contributed by atoms with van der Waals surface area (Å²) >= 11 is 0. The monoisotopic (exact) mass is 276 g/mol. The van der Waals surface area contributed by atoms with Crippen LogP contribution >= 0.6 is 0 Å². The minimum absolute atomic E-state index is 0.0190. The molecule has 3 heteroatoms. The Morgan fingerprint density at radius 3 is 2.71 bits per heavy atom. The van der Waals surface area contributed by atoms with Crippen LogP contribution in [0.25, 0.3) is 0 Å². The van der Waals surface area contributed by atoms with Crippen molar-refractivity contribution in [3.8, 4) is 6.07 Å². The molecule has 3 rings (SSSR count). The second kappa shape index (κ2) is 5.80. The van der Waals surface area contributed by atoms with Gasteiger partial charge in [-0.25, -0.2) is 0 Å². The van der Waals surface area contributed by atoms with Crippen molar-refractivity contribution in [3.05, 3.63) is 71.3 Å². The molecule has 1 aliphatic rings. The summed E-state index contributed by atoms with van der Waals surface area (Å²) in [6.45, 7) is 1.52. The van der Waals surface area contributed by atoms with Crippen LogP contribution in [0.3, 0.4) is 0 Å². The van der Waals surface area contributed by atoms with Crippen molar-refractivity contribution in [2.24, 2.45) is 0 Å². The van der Waals surface area contributed by atoms with E-state index in [9.17, 15) is 4.79 Å². The summed E-state index contributed by atoms with van der Waals surface area (Å²) in [6.07, 6.45) is 0.994. The van der Waals surface area contributed by atoms with Crippen molar-refractivity contribution < 1.29 is 4.79 Å². The van der Waals surface area contributed by atoms with Crippen LogP contribution in [0.1, 0.15) is 33.8 Å². The molecular weight excluding hydrogens is 260 g/mol. The second-order valence-electron chi connectivity index (χ2n) is 5.34. The molecule has 1 heterocycles. The van der Waals surface area contributed by atoms with Crippen molar-refractivity contribution in [2.75, 3.05) is 13.1 Å². The number of amides is 1. The number of benzene rings is 2. The average molecular weight is 276 g/mol. The Kier molecular flexibility index (Phi) is 3.70. The molecule has 0 unspecified atom stereocenters. The second-order valence-corrected chi connectivity index (χ2v) is 5.34. The van der Waals surface area contributed by atoms with Crippen LogP contribution in [-0.4, -0.2) is 23.9 Å². The van der Waals surface area contributed by atoms with E-state index in [-0.39, 0.29) is 5.91 Å². The molecule has 104 valence electrons. The van der Waals surface area contributed by atoms with Gasteiger partial charge < -0.3 is 4.90 Å². The first-order valence-corrected chi connectivity index (χ1v) is 7.12. The Morgan fingerprint density at radius 2 is 1.95 bits per heavy atom. The molecule has 3 nitrogen and oxygen atoms in total. The van der Waals surface area contributed by atoms with Gasteiger partial charge in [-0.2, -0.15) is 5.26 Å². The molecule has 0 aromatic heterocycles. The minimum atomic E-state index is 0.0190. The molecule has 1 amide bonds. The summed E-state index contributed by atoms with van der Waals surface area (Å²) in [4.78, 5) is 14.4. The molecular formula is C18H16N2O. The first kappa shape index (κ1) is 13.4. The standard InChI is InChI=1S/C18H16N2O/c19-12-14-5-4-8-16(11-14)18(21)20-10-9-17(13-20)15-6-2-1-3-7-15/h1-8,11,17H,9-10,13H2/t17-/m0/s1. The molecule has 0 bridgehead atoms. The predicted octanol–water partition coefficient (Wildman–Crippen LogP) is 3.19. The Balaban J connectivity index is 1.74. The number of carbonyl (C=O) groups excluding carboxylic acids is 1. The zero-order valence-corrected chi connectivity index (χ0v) is 11.7. The SMILES string of the molecule is N#Cc1cccc(C(=O)N2CC[C@H](c3ccccc3)C2)c1. The molecule has 1 atom stereocenters. The number of hydrogen-bond donors (Lipinski definition) is 0. The summed E-state index contributed by atoms with van der Waals surface area (Å²) in [6, 6.07) is 19.3. The van der Waals surface area contributed by atoms with Gasteiger partial charge in [0.1, 0.15) is 0 Å². The summed E-state index contributed by atoms with van der Waals surface area (Å²) < 4.78 is 0. The first-order chi connectivity index (χ1) is 10.3. The van der Waals surface area contributed by atoms with Crippen LogP contribution in [0.5, 0.6) is 0 Å². The fourth-order valence-electron chi connectivity index (χ4n) is 2.85. The maximum absolute atomic E-state index is 12.5. The fraction of sp³-hybridized carbons (Fsp3) is 0.222. The lowest BCUT2D eigenvalue weighted by molar-refractivity contribution is 0.0791. The first-order valence-electron chi connectivity index (χ1n) is 7.12. The molecule has 0 aliphatic carbocycles. The van der Waals surface area contributed by atoms with Gasteiger partial charge in [-0.05, 0) is 30.2 Å². The Hall–Kier alpha value is -2.60. The highest BCUT2D eigenvalue weighted by molar-refractivity contribution is 5.94. The molecule has 2 aromatic rings. The summed E-state index contributed by atoms with van der Waals surface area (Å²) in [7, 11) is 0. The molecule has 1 saturated heterocycles.